The highest BCUT2D eigenvalue weighted by Gasteiger charge is 2.45. The average Bonchev–Trinajstić information content (AvgIpc) is 3.00. The summed E-state index contributed by atoms with van der Waals surface area (Å²) in [5, 5.41) is 19.2. The van der Waals surface area contributed by atoms with Gasteiger partial charge in [0.25, 0.3) is 0 Å². The molecule has 1 saturated carbocycles. The van der Waals surface area contributed by atoms with Crippen molar-refractivity contribution in [2.24, 2.45) is 5.92 Å². The molecular formula is C13H16O3. The summed E-state index contributed by atoms with van der Waals surface area (Å²) in [6.07, 6.45) is 2.16. The summed E-state index contributed by atoms with van der Waals surface area (Å²) < 4.78 is 0. The van der Waals surface area contributed by atoms with Crippen LogP contribution in [-0.2, 0) is 11.2 Å². The standard InChI is InChI=1S/C13H16O3/c14-12(15)9-13(16,11-6-7-11)8-10-4-2-1-3-5-10/h1-5,11,16H,6-9H2,(H,14,15). The molecule has 1 atom stereocenters. The van der Waals surface area contributed by atoms with E-state index in [0.29, 0.717) is 6.42 Å². The van der Waals surface area contributed by atoms with Crippen molar-refractivity contribution in [3.63, 3.8) is 0 Å². The molecule has 16 heavy (non-hydrogen) atoms. The molecule has 2 rings (SSSR count). The van der Waals surface area contributed by atoms with E-state index >= 15 is 0 Å². The van der Waals surface area contributed by atoms with Crippen molar-refractivity contribution in [1.29, 1.82) is 0 Å². The molecule has 3 heteroatoms. The first-order chi connectivity index (χ1) is 7.60. The summed E-state index contributed by atoms with van der Waals surface area (Å²) in [6.45, 7) is 0. The van der Waals surface area contributed by atoms with Crippen LogP contribution < -0.4 is 0 Å². The van der Waals surface area contributed by atoms with Crippen LogP contribution >= 0.6 is 0 Å². The number of carboxylic acid groups (broad SMARTS) is 1. The summed E-state index contributed by atoms with van der Waals surface area (Å²) in [5.74, 6) is -0.769. The van der Waals surface area contributed by atoms with Crippen molar-refractivity contribution in [3.05, 3.63) is 35.9 Å². The summed E-state index contributed by atoms with van der Waals surface area (Å²) >= 11 is 0. The van der Waals surface area contributed by atoms with Gasteiger partial charge in [0.05, 0.1) is 12.0 Å². The van der Waals surface area contributed by atoms with Crippen LogP contribution in [0.3, 0.4) is 0 Å². The van der Waals surface area contributed by atoms with Crippen molar-refractivity contribution in [1.82, 2.24) is 0 Å². The Morgan fingerprint density at radius 1 is 1.31 bits per heavy atom. The lowest BCUT2D eigenvalue weighted by Crippen LogP contribution is -2.36. The minimum Gasteiger partial charge on any atom is -0.481 e. The van der Waals surface area contributed by atoms with Crippen molar-refractivity contribution in [2.45, 2.75) is 31.3 Å². The third kappa shape index (κ3) is 2.61. The molecule has 1 fully saturated rings. The van der Waals surface area contributed by atoms with Crippen molar-refractivity contribution >= 4 is 5.97 Å². The first kappa shape index (κ1) is 11.1. The van der Waals surface area contributed by atoms with E-state index in [2.05, 4.69) is 0 Å². The number of aliphatic carboxylic acids is 1. The maximum absolute atomic E-state index is 10.8. The fourth-order valence-electron chi connectivity index (χ4n) is 2.18. The maximum atomic E-state index is 10.8. The average molecular weight is 220 g/mol. The Balaban J connectivity index is 2.11. The number of hydrogen-bond acceptors (Lipinski definition) is 2. The van der Waals surface area contributed by atoms with Crippen LogP contribution in [0.4, 0.5) is 0 Å². The molecule has 0 heterocycles. The summed E-state index contributed by atoms with van der Waals surface area (Å²) in [7, 11) is 0. The molecule has 1 aliphatic carbocycles. The normalized spacial score (nSPS) is 19.1. The number of benzene rings is 1. The molecule has 3 nitrogen and oxygen atoms in total. The fourth-order valence-corrected chi connectivity index (χ4v) is 2.18. The lowest BCUT2D eigenvalue weighted by molar-refractivity contribution is -0.143. The summed E-state index contributed by atoms with van der Waals surface area (Å²) in [6, 6.07) is 9.58. The monoisotopic (exact) mass is 220 g/mol. The van der Waals surface area contributed by atoms with Crippen molar-refractivity contribution in [3.8, 4) is 0 Å². The van der Waals surface area contributed by atoms with E-state index in [1.807, 2.05) is 30.3 Å². The Morgan fingerprint density at radius 2 is 1.94 bits per heavy atom. The molecule has 0 spiro atoms. The Bertz CT molecular complexity index is 370. The van der Waals surface area contributed by atoms with Gasteiger partial charge >= 0.3 is 5.97 Å². The van der Waals surface area contributed by atoms with Gasteiger partial charge in [-0.25, -0.2) is 0 Å². The molecule has 1 unspecified atom stereocenters. The topological polar surface area (TPSA) is 57.5 Å². The number of hydrogen-bond donors (Lipinski definition) is 2. The van der Waals surface area contributed by atoms with Gasteiger partial charge in [0.15, 0.2) is 0 Å². The molecule has 0 bridgehead atoms. The maximum Gasteiger partial charge on any atom is 0.306 e. The molecule has 0 aliphatic heterocycles. The second-order valence-corrected chi connectivity index (χ2v) is 4.61. The third-order valence-electron chi connectivity index (χ3n) is 3.15. The van der Waals surface area contributed by atoms with Gasteiger partial charge < -0.3 is 10.2 Å². The van der Waals surface area contributed by atoms with Crippen LogP contribution in [0.5, 0.6) is 0 Å². The van der Waals surface area contributed by atoms with E-state index in [4.69, 9.17) is 5.11 Å². The zero-order chi connectivity index (χ0) is 11.6. The number of carboxylic acids is 1. The SMILES string of the molecule is O=C(O)CC(O)(Cc1ccccc1)C1CC1. The molecule has 2 N–H and O–H groups in total. The summed E-state index contributed by atoms with van der Waals surface area (Å²) in [5.41, 5.74) is -0.0640. The van der Waals surface area contributed by atoms with Gasteiger partial charge in [0, 0.05) is 6.42 Å². The van der Waals surface area contributed by atoms with Gasteiger partial charge in [-0.05, 0) is 24.3 Å². The van der Waals surface area contributed by atoms with Gasteiger partial charge in [-0.3, -0.25) is 4.79 Å². The smallest absolute Gasteiger partial charge is 0.306 e. The molecule has 0 aromatic heterocycles. The van der Waals surface area contributed by atoms with Gasteiger partial charge in [-0.2, -0.15) is 0 Å². The fraction of sp³-hybridized carbons (Fsp3) is 0.462. The van der Waals surface area contributed by atoms with E-state index < -0.39 is 11.6 Å². The highest BCUT2D eigenvalue weighted by atomic mass is 16.4. The zero-order valence-corrected chi connectivity index (χ0v) is 9.10. The number of carbonyl (C=O) groups is 1. The lowest BCUT2D eigenvalue weighted by atomic mass is 9.87. The first-order valence-electron chi connectivity index (χ1n) is 5.58. The molecule has 0 amide bonds. The van der Waals surface area contributed by atoms with E-state index in [1.54, 1.807) is 0 Å². The predicted molar refractivity (Wildman–Crippen MR) is 60.1 cm³/mol. The van der Waals surface area contributed by atoms with Gasteiger partial charge in [0.2, 0.25) is 0 Å². The van der Waals surface area contributed by atoms with Crippen LogP contribution in [0.15, 0.2) is 30.3 Å². The molecule has 0 saturated heterocycles. The molecule has 0 radical (unpaired) electrons. The Kier molecular flexibility index (Phi) is 2.97. The molecule has 1 aliphatic rings. The minimum atomic E-state index is -1.06. The van der Waals surface area contributed by atoms with Gasteiger partial charge in [-0.15, -0.1) is 0 Å². The Morgan fingerprint density at radius 3 is 2.44 bits per heavy atom. The lowest BCUT2D eigenvalue weighted by Gasteiger charge is -2.26. The highest BCUT2D eigenvalue weighted by Crippen LogP contribution is 2.43. The molecule has 1 aromatic carbocycles. The number of rotatable bonds is 5. The second kappa shape index (κ2) is 4.26. The number of aliphatic hydroxyl groups is 1. The van der Waals surface area contributed by atoms with E-state index in [1.165, 1.54) is 0 Å². The van der Waals surface area contributed by atoms with Crippen molar-refractivity contribution < 1.29 is 15.0 Å². The Hall–Kier alpha value is -1.35. The molecule has 86 valence electrons. The van der Waals surface area contributed by atoms with Gasteiger partial charge in [0.1, 0.15) is 0 Å². The van der Waals surface area contributed by atoms with Crippen LogP contribution in [0.25, 0.3) is 0 Å². The van der Waals surface area contributed by atoms with Crippen LogP contribution in [0, 0.1) is 5.92 Å². The van der Waals surface area contributed by atoms with Crippen LogP contribution in [0.1, 0.15) is 24.8 Å². The van der Waals surface area contributed by atoms with E-state index in [9.17, 15) is 9.90 Å². The molecule has 1 aromatic rings. The summed E-state index contributed by atoms with van der Waals surface area (Å²) in [4.78, 5) is 10.8. The van der Waals surface area contributed by atoms with E-state index in [-0.39, 0.29) is 12.3 Å². The van der Waals surface area contributed by atoms with Gasteiger partial charge in [-0.1, -0.05) is 30.3 Å². The second-order valence-electron chi connectivity index (χ2n) is 4.61. The quantitative estimate of drug-likeness (QED) is 0.796. The Labute approximate surface area is 94.7 Å². The van der Waals surface area contributed by atoms with Crippen molar-refractivity contribution in [2.75, 3.05) is 0 Å². The minimum absolute atomic E-state index is 0.156. The largest absolute Gasteiger partial charge is 0.481 e. The van der Waals surface area contributed by atoms with Crippen LogP contribution in [-0.4, -0.2) is 21.8 Å². The van der Waals surface area contributed by atoms with E-state index in [0.717, 1.165) is 18.4 Å². The molecular weight excluding hydrogens is 204 g/mol. The third-order valence-corrected chi connectivity index (χ3v) is 3.15. The van der Waals surface area contributed by atoms with Crippen LogP contribution in [0.2, 0.25) is 0 Å². The predicted octanol–water partition coefficient (Wildman–Crippen LogP) is 1.84. The first-order valence-corrected chi connectivity index (χ1v) is 5.58. The highest BCUT2D eigenvalue weighted by molar-refractivity contribution is 5.68. The zero-order valence-electron chi connectivity index (χ0n) is 9.10.